The second-order valence-electron chi connectivity index (χ2n) is 16.7. The number of hydrogen-bond acceptors (Lipinski definition) is 13. The molecule has 3 aliphatic rings. The topological polar surface area (TPSA) is 167 Å². The quantitative estimate of drug-likeness (QED) is 0.0751. The van der Waals surface area contributed by atoms with E-state index in [9.17, 15) is 9.90 Å². The summed E-state index contributed by atoms with van der Waals surface area (Å²) in [7, 11) is 4.83. The van der Waals surface area contributed by atoms with Crippen LogP contribution in [0.1, 0.15) is 52.8 Å². The standard InChI is InChI=1S/C52H51N5O10/c1-60-36-21-17-34(18-22-36)52(33-11-5-4-6-12-33,35-19-23-37(61-2)24-20-35)65-30-43-45(58)46(67-51(62-3)25-27-63-28-26-51)49(66-43)57-32-55-44-47(53-31-54-48(44)57)56-50(59)64-29-42-40-15-9-7-13-38(40)39-14-8-10-16-41(39)42/h4-24,31-32,42-43,45-46,49,58H,25-30H2,1-3H3,(H,53,54,56,59)/t43-,45-,46-,49-/m1/s1. The number of ether oxygens (including phenoxy) is 8. The van der Waals surface area contributed by atoms with Crippen molar-refractivity contribution >= 4 is 23.1 Å². The number of nitrogens with one attached hydrogen (secondary N) is 1. The minimum Gasteiger partial charge on any atom is -0.497 e. The predicted octanol–water partition coefficient (Wildman–Crippen LogP) is 8.01. The van der Waals surface area contributed by atoms with Crippen molar-refractivity contribution < 1.29 is 47.8 Å². The molecule has 344 valence electrons. The van der Waals surface area contributed by atoms with Gasteiger partial charge < -0.3 is 43.0 Å². The van der Waals surface area contributed by atoms with E-state index in [1.54, 1.807) is 25.9 Å². The van der Waals surface area contributed by atoms with Gasteiger partial charge in [0.25, 0.3) is 0 Å². The number of carbonyl (C=O) groups is 1. The molecular formula is C52H51N5O10. The summed E-state index contributed by atoms with van der Waals surface area (Å²) in [6.07, 6.45) is -1.17. The van der Waals surface area contributed by atoms with Crippen molar-refractivity contribution in [1.29, 1.82) is 0 Å². The van der Waals surface area contributed by atoms with Crippen molar-refractivity contribution in [2.75, 3.05) is 53.1 Å². The number of rotatable bonds is 15. The van der Waals surface area contributed by atoms with Gasteiger partial charge in [0.1, 0.15) is 48.3 Å². The second kappa shape index (κ2) is 18.9. The third-order valence-electron chi connectivity index (χ3n) is 13.1. The summed E-state index contributed by atoms with van der Waals surface area (Å²) < 4.78 is 51.2. The second-order valence-corrected chi connectivity index (χ2v) is 16.7. The van der Waals surface area contributed by atoms with Crippen LogP contribution in [0.2, 0.25) is 0 Å². The SMILES string of the molecule is COc1ccc(C(OC[C@H]2O[C@@H](n3cnc4c(NC(=O)OCC5c6ccccc6-c6ccccc65)ncnc43)[C@H](OC3(OC)CCOCC3)[C@@H]2O)(c2ccccc2)c2ccc(OC)cc2)cc1. The molecule has 0 saturated carbocycles. The van der Waals surface area contributed by atoms with Gasteiger partial charge in [0.2, 0.25) is 0 Å². The largest absolute Gasteiger partial charge is 0.497 e. The molecule has 1 aliphatic carbocycles. The normalized spacial score (nSPS) is 20.0. The lowest BCUT2D eigenvalue weighted by Crippen LogP contribution is -2.48. The number of imidazole rings is 1. The van der Waals surface area contributed by atoms with E-state index >= 15 is 0 Å². The van der Waals surface area contributed by atoms with Crippen LogP contribution in [0.3, 0.4) is 0 Å². The first-order valence-corrected chi connectivity index (χ1v) is 22.3. The van der Waals surface area contributed by atoms with E-state index in [1.165, 1.54) is 12.7 Å². The maximum Gasteiger partial charge on any atom is 0.412 e. The fourth-order valence-electron chi connectivity index (χ4n) is 9.65. The maximum absolute atomic E-state index is 13.5. The third kappa shape index (κ3) is 8.28. The molecular weight excluding hydrogens is 855 g/mol. The molecule has 10 rings (SSSR count). The molecule has 2 fully saturated rings. The molecule has 0 spiro atoms. The zero-order valence-corrected chi connectivity index (χ0v) is 37.3. The fourth-order valence-corrected chi connectivity index (χ4v) is 9.65. The van der Waals surface area contributed by atoms with Crippen LogP contribution in [-0.2, 0) is 34.0 Å². The number of aromatic nitrogens is 4. The zero-order chi connectivity index (χ0) is 46.0. The number of amides is 1. The lowest BCUT2D eigenvalue weighted by Gasteiger charge is -2.39. The van der Waals surface area contributed by atoms with Crippen LogP contribution in [0.25, 0.3) is 22.3 Å². The summed E-state index contributed by atoms with van der Waals surface area (Å²) >= 11 is 0. The van der Waals surface area contributed by atoms with E-state index in [2.05, 4.69) is 44.5 Å². The monoisotopic (exact) mass is 905 g/mol. The number of aliphatic hydroxyl groups is 1. The molecule has 67 heavy (non-hydrogen) atoms. The first kappa shape index (κ1) is 44.1. The number of benzene rings is 5. The molecule has 7 aromatic rings. The van der Waals surface area contributed by atoms with E-state index in [0.29, 0.717) is 43.2 Å². The van der Waals surface area contributed by atoms with E-state index in [4.69, 9.17) is 37.9 Å². The van der Waals surface area contributed by atoms with Crippen molar-refractivity contribution in [3.05, 3.63) is 168 Å². The van der Waals surface area contributed by atoms with Gasteiger partial charge in [-0.15, -0.1) is 0 Å². The summed E-state index contributed by atoms with van der Waals surface area (Å²) in [5.41, 5.74) is 6.34. The molecule has 15 nitrogen and oxygen atoms in total. The Bertz CT molecular complexity index is 2720. The Hall–Kier alpha value is -6.72. The highest BCUT2D eigenvalue weighted by molar-refractivity contribution is 5.93. The Balaban J connectivity index is 0.956. The van der Waals surface area contributed by atoms with Crippen LogP contribution in [0.4, 0.5) is 10.6 Å². The minimum absolute atomic E-state index is 0.0935. The summed E-state index contributed by atoms with van der Waals surface area (Å²) in [5.74, 6) is 0.306. The molecule has 15 heteroatoms. The van der Waals surface area contributed by atoms with Gasteiger partial charge in [-0.05, 0) is 63.2 Å². The number of carbonyl (C=O) groups excluding carboxylic acids is 1. The Kier molecular flexibility index (Phi) is 12.4. The van der Waals surface area contributed by atoms with Gasteiger partial charge >= 0.3 is 6.09 Å². The van der Waals surface area contributed by atoms with Gasteiger partial charge in [0, 0.05) is 25.9 Å². The molecule has 0 radical (unpaired) electrons. The lowest BCUT2D eigenvalue weighted by molar-refractivity contribution is -0.292. The van der Waals surface area contributed by atoms with Crippen LogP contribution in [0.15, 0.2) is 140 Å². The van der Waals surface area contributed by atoms with Crippen LogP contribution in [0, 0.1) is 0 Å². The fraction of sp³-hybridized carbons (Fsp3) is 0.308. The molecule has 4 heterocycles. The number of hydrogen-bond donors (Lipinski definition) is 2. The molecule has 2 aliphatic heterocycles. The molecule has 4 atom stereocenters. The number of fused-ring (bicyclic) bond motifs is 4. The van der Waals surface area contributed by atoms with Gasteiger partial charge in [-0.2, -0.15) is 0 Å². The first-order chi connectivity index (χ1) is 32.8. The average molecular weight is 906 g/mol. The number of aliphatic hydroxyl groups excluding tert-OH is 1. The van der Waals surface area contributed by atoms with Crippen molar-refractivity contribution in [2.45, 2.75) is 54.7 Å². The van der Waals surface area contributed by atoms with Crippen LogP contribution < -0.4 is 14.8 Å². The van der Waals surface area contributed by atoms with Crippen LogP contribution in [0.5, 0.6) is 11.5 Å². The van der Waals surface area contributed by atoms with E-state index in [0.717, 1.165) is 38.9 Å². The lowest BCUT2D eigenvalue weighted by atomic mass is 9.80. The van der Waals surface area contributed by atoms with Gasteiger partial charge in [-0.1, -0.05) is 103 Å². The Morgan fingerprint density at radius 3 is 1.97 bits per heavy atom. The molecule has 1 amide bonds. The molecule has 2 aromatic heterocycles. The maximum atomic E-state index is 13.5. The van der Waals surface area contributed by atoms with Crippen molar-refractivity contribution in [1.82, 2.24) is 19.5 Å². The van der Waals surface area contributed by atoms with E-state index in [1.807, 2.05) is 103 Å². The molecule has 2 saturated heterocycles. The number of anilines is 1. The zero-order valence-electron chi connectivity index (χ0n) is 37.3. The van der Waals surface area contributed by atoms with Crippen LogP contribution in [-0.4, -0.2) is 103 Å². The minimum atomic E-state index is -1.24. The Morgan fingerprint density at radius 1 is 0.761 bits per heavy atom. The van der Waals surface area contributed by atoms with Crippen LogP contribution >= 0.6 is 0 Å². The average Bonchev–Trinajstić information content (AvgIpc) is 4.06. The highest BCUT2D eigenvalue weighted by Crippen LogP contribution is 2.46. The van der Waals surface area contributed by atoms with Gasteiger partial charge in [0.05, 0.1) is 40.4 Å². The van der Waals surface area contributed by atoms with Gasteiger partial charge in [0.15, 0.2) is 29.0 Å². The number of nitrogens with zero attached hydrogens (tertiary/aromatic N) is 4. The molecule has 2 N–H and O–H groups in total. The molecule has 5 aromatic carbocycles. The summed E-state index contributed by atoms with van der Waals surface area (Å²) in [4.78, 5) is 27.1. The highest BCUT2D eigenvalue weighted by Gasteiger charge is 2.52. The highest BCUT2D eigenvalue weighted by atomic mass is 16.7. The summed E-state index contributed by atoms with van der Waals surface area (Å²) in [5, 5.41) is 15.2. The first-order valence-electron chi connectivity index (χ1n) is 22.3. The van der Waals surface area contributed by atoms with E-state index < -0.39 is 42.0 Å². The summed E-state index contributed by atoms with van der Waals surface area (Å²) in [6.45, 7) is 0.839. The molecule has 0 bridgehead atoms. The van der Waals surface area contributed by atoms with Gasteiger partial charge in [-0.3, -0.25) is 9.88 Å². The molecule has 0 unspecified atom stereocenters. The van der Waals surface area contributed by atoms with Crippen molar-refractivity contribution in [3.63, 3.8) is 0 Å². The number of methoxy groups -OCH3 is 3. The Labute approximate surface area is 387 Å². The predicted molar refractivity (Wildman–Crippen MR) is 247 cm³/mol. The van der Waals surface area contributed by atoms with Crippen molar-refractivity contribution in [3.8, 4) is 22.6 Å². The smallest absolute Gasteiger partial charge is 0.412 e. The summed E-state index contributed by atoms with van der Waals surface area (Å²) in [6, 6.07) is 41.6. The third-order valence-corrected chi connectivity index (χ3v) is 13.1. The van der Waals surface area contributed by atoms with E-state index in [-0.39, 0.29) is 30.5 Å². The van der Waals surface area contributed by atoms with Crippen molar-refractivity contribution in [2.24, 2.45) is 0 Å². The Morgan fingerprint density at radius 2 is 1.36 bits per heavy atom. The van der Waals surface area contributed by atoms with Gasteiger partial charge in [-0.25, -0.2) is 19.7 Å².